The van der Waals surface area contributed by atoms with E-state index in [1.165, 1.54) is 6.07 Å². The standard InChI is InChI=1S/C14H21BrFNO/c1-14(2,6-7-18-3)10-17-9-11-4-5-13(16)12(15)8-11/h4-5,8,17H,6-7,9-10H2,1-3H3. The van der Waals surface area contributed by atoms with Gasteiger partial charge in [-0.3, -0.25) is 0 Å². The fourth-order valence-corrected chi connectivity index (χ4v) is 2.09. The average Bonchev–Trinajstić information content (AvgIpc) is 2.31. The summed E-state index contributed by atoms with van der Waals surface area (Å²) < 4.78 is 18.7. The van der Waals surface area contributed by atoms with E-state index in [0.29, 0.717) is 4.47 Å². The van der Waals surface area contributed by atoms with Crippen LogP contribution in [0.5, 0.6) is 0 Å². The number of methoxy groups -OCH3 is 1. The normalized spacial score (nSPS) is 11.8. The van der Waals surface area contributed by atoms with Gasteiger partial charge in [-0.1, -0.05) is 19.9 Å². The molecule has 1 rings (SSSR count). The Labute approximate surface area is 117 Å². The summed E-state index contributed by atoms with van der Waals surface area (Å²) in [7, 11) is 1.72. The first-order chi connectivity index (χ1) is 8.44. The summed E-state index contributed by atoms with van der Waals surface area (Å²) in [6.45, 7) is 6.84. The second-order valence-electron chi connectivity index (χ2n) is 5.26. The highest BCUT2D eigenvalue weighted by atomic mass is 79.9. The maximum absolute atomic E-state index is 13.1. The second-order valence-corrected chi connectivity index (χ2v) is 6.11. The number of rotatable bonds is 7. The van der Waals surface area contributed by atoms with Crippen molar-refractivity contribution >= 4 is 15.9 Å². The van der Waals surface area contributed by atoms with E-state index in [1.807, 2.05) is 6.07 Å². The lowest BCUT2D eigenvalue weighted by molar-refractivity contribution is 0.150. The van der Waals surface area contributed by atoms with E-state index in [2.05, 4.69) is 35.1 Å². The summed E-state index contributed by atoms with van der Waals surface area (Å²) in [4.78, 5) is 0. The van der Waals surface area contributed by atoms with E-state index in [9.17, 15) is 4.39 Å². The van der Waals surface area contributed by atoms with Gasteiger partial charge in [-0.2, -0.15) is 0 Å². The second kappa shape index (κ2) is 7.22. The largest absolute Gasteiger partial charge is 0.385 e. The zero-order chi connectivity index (χ0) is 13.6. The Balaban J connectivity index is 2.39. The highest BCUT2D eigenvalue weighted by molar-refractivity contribution is 9.10. The monoisotopic (exact) mass is 317 g/mol. The van der Waals surface area contributed by atoms with E-state index in [-0.39, 0.29) is 11.2 Å². The van der Waals surface area contributed by atoms with Crippen LogP contribution in [0.25, 0.3) is 0 Å². The maximum Gasteiger partial charge on any atom is 0.137 e. The minimum atomic E-state index is -0.223. The lowest BCUT2D eigenvalue weighted by Gasteiger charge is -2.24. The molecule has 0 unspecified atom stereocenters. The molecule has 1 aromatic rings. The van der Waals surface area contributed by atoms with E-state index in [0.717, 1.165) is 31.7 Å². The van der Waals surface area contributed by atoms with Gasteiger partial charge in [0.2, 0.25) is 0 Å². The molecule has 0 aromatic heterocycles. The van der Waals surface area contributed by atoms with Gasteiger partial charge >= 0.3 is 0 Å². The van der Waals surface area contributed by atoms with E-state index >= 15 is 0 Å². The van der Waals surface area contributed by atoms with Gasteiger partial charge in [-0.05, 0) is 45.5 Å². The Kier molecular flexibility index (Phi) is 6.26. The molecule has 0 aliphatic rings. The molecule has 0 spiro atoms. The topological polar surface area (TPSA) is 21.3 Å². The molecule has 0 heterocycles. The Morgan fingerprint density at radius 1 is 1.39 bits per heavy atom. The van der Waals surface area contributed by atoms with E-state index < -0.39 is 0 Å². The van der Waals surface area contributed by atoms with Gasteiger partial charge in [-0.25, -0.2) is 4.39 Å². The average molecular weight is 318 g/mol. The fraction of sp³-hybridized carbons (Fsp3) is 0.571. The predicted octanol–water partition coefficient (Wildman–Crippen LogP) is 3.74. The van der Waals surface area contributed by atoms with Crippen molar-refractivity contribution < 1.29 is 9.13 Å². The number of nitrogens with one attached hydrogen (secondary N) is 1. The molecule has 0 amide bonds. The molecule has 102 valence electrons. The molecule has 0 saturated carbocycles. The van der Waals surface area contributed by atoms with Crippen LogP contribution in [-0.2, 0) is 11.3 Å². The summed E-state index contributed by atoms with van der Waals surface area (Å²) in [6, 6.07) is 5.09. The van der Waals surface area contributed by atoms with Gasteiger partial charge in [-0.15, -0.1) is 0 Å². The van der Waals surface area contributed by atoms with Gasteiger partial charge < -0.3 is 10.1 Å². The van der Waals surface area contributed by atoms with Crippen LogP contribution in [0, 0.1) is 11.2 Å². The van der Waals surface area contributed by atoms with Crippen LogP contribution in [0.3, 0.4) is 0 Å². The fourth-order valence-electron chi connectivity index (χ4n) is 1.66. The van der Waals surface area contributed by atoms with Crippen molar-refractivity contribution in [2.24, 2.45) is 5.41 Å². The first-order valence-electron chi connectivity index (χ1n) is 6.08. The molecule has 0 bridgehead atoms. The third kappa shape index (κ3) is 5.46. The van der Waals surface area contributed by atoms with Crippen LogP contribution in [0.4, 0.5) is 4.39 Å². The molecule has 0 radical (unpaired) electrons. The number of hydrogen-bond acceptors (Lipinski definition) is 2. The van der Waals surface area contributed by atoms with Crippen molar-refractivity contribution in [2.75, 3.05) is 20.3 Å². The van der Waals surface area contributed by atoms with Gasteiger partial charge in [0.15, 0.2) is 0 Å². The van der Waals surface area contributed by atoms with Gasteiger partial charge in [0.1, 0.15) is 5.82 Å². The molecular formula is C14H21BrFNO. The lowest BCUT2D eigenvalue weighted by Crippen LogP contribution is -2.30. The first kappa shape index (κ1) is 15.6. The van der Waals surface area contributed by atoms with Crippen molar-refractivity contribution in [1.82, 2.24) is 5.32 Å². The summed E-state index contributed by atoms with van der Waals surface area (Å²) in [5.74, 6) is -0.223. The van der Waals surface area contributed by atoms with Crippen LogP contribution in [0.15, 0.2) is 22.7 Å². The van der Waals surface area contributed by atoms with E-state index in [4.69, 9.17) is 4.74 Å². The smallest absolute Gasteiger partial charge is 0.137 e. The highest BCUT2D eigenvalue weighted by Gasteiger charge is 2.16. The van der Waals surface area contributed by atoms with Crippen molar-refractivity contribution in [3.8, 4) is 0 Å². The van der Waals surface area contributed by atoms with Crippen LogP contribution in [0.2, 0.25) is 0 Å². The summed E-state index contributed by atoms with van der Waals surface area (Å²) in [5.41, 5.74) is 1.28. The zero-order valence-electron chi connectivity index (χ0n) is 11.2. The van der Waals surface area contributed by atoms with Crippen LogP contribution in [-0.4, -0.2) is 20.3 Å². The summed E-state index contributed by atoms with van der Waals surface area (Å²) >= 11 is 3.19. The summed E-state index contributed by atoms with van der Waals surface area (Å²) in [6.07, 6.45) is 1.02. The third-order valence-corrected chi connectivity index (χ3v) is 3.51. The molecule has 0 aliphatic carbocycles. The Bertz CT molecular complexity index is 382. The molecule has 0 fully saturated rings. The minimum absolute atomic E-state index is 0.202. The SMILES string of the molecule is COCCC(C)(C)CNCc1ccc(F)c(Br)c1. The molecular weight excluding hydrogens is 297 g/mol. The van der Waals surface area contributed by atoms with Gasteiger partial charge in [0.25, 0.3) is 0 Å². The van der Waals surface area contributed by atoms with Crippen molar-refractivity contribution in [3.05, 3.63) is 34.1 Å². The van der Waals surface area contributed by atoms with Gasteiger partial charge in [0, 0.05) is 26.8 Å². The Hall–Kier alpha value is -0.450. The Morgan fingerprint density at radius 2 is 2.11 bits per heavy atom. The van der Waals surface area contributed by atoms with Crippen LogP contribution in [0.1, 0.15) is 25.8 Å². The maximum atomic E-state index is 13.1. The minimum Gasteiger partial charge on any atom is -0.385 e. The van der Waals surface area contributed by atoms with Crippen molar-refractivity contribution in [2.45, 2.75) is 26.8 Å². The molecule has 18 heavy (non-hydrogen) atoms. The lowest BCUT2D eigenvalue weighted by atomic mass is 9.89. The quantitative estimate of drug-likeness (QED) is 0.827. The summed E-state index contributed by atoms with van der Waals surface area (Å²) in [5, 5.41) is 3.40. The van der Waals surface area contributed by atoms with Crippen LogP contribution >= 0.6 is 15.9 Å². The molecule has 4 heteroatoms. The number of hydrogen-bond donors (Lipinski definition) is 1. The van der Waals surface area contributed by atoms with Gasteiger partial charge in [0.05, 0.1) is 4.47 Å². The number of benzene rings is 1. The predicted molar refractivity (Wildman–Crippen MR) is 76.1 cm³/mol. The highest BCUT2D eigenvalue weighted by Crippen LogP contribution is 2.20. The third-order valence-electron chi connectivity index (χ3n) is 2.90. The number of halogens is 2. The molecule has 2 nitrogen and oxygen atoms in total. The first-order valence-corrected chi connectivity index (χ1v) is 6.87. The van der Waals surface area contributed by atoms with E-state index in [1.54, 1.807) is 13.2 Å². The van der Waals surface area contributed by atoms with Crippen molar-refractivity contribution in [1.29, 1.82) is 0 Å². The Morgan fingerprint density at radius 3 is 2.72 bits per heavy atom. The van der Waals surface area contributed by atoms with Crippen LogP contribution < -0.4 is 5.32 Å². The molecule has 0 aliphatic heterocycles. The molecule has 0 atom stereocenters. The van der Waals surface area contributed by atoms with Crippen molar-refractivity contribution in [3.63, 3.8) is 0 Å². The molecule has 0 saturated heterocycles. The zero-order valence-corrected chi connectivity index (χ0v) is 12.8. The molecule has 1 aromatic carbocycles. The number of ether oxygens (including phenoxy) is 1. The molecule has 1 N–H and O–H groups in total.